The number of hydrogen-bond acceptors (Lipinski definition) is 3. The van der Waals surface area contributed by atoms with Crippen LogP contribution in [0.15, 0.2) is 17.5 Å². The molecule has 0 bridgehead atoms. The summed E-state index contributed by atoms with van der Waals surface area (Å²) in [6, 6.07) is 4.66. The van der Waals surface area contributed by atoms with Crippen LogP contribution >= 0.6 is 23.7 Å². The Labute approximate surface area is 150 Å². The average Bonchev–Trinajstić information content (AvgIpc) is 3.08. The van der Waals surface area contributed by atoms with Crippen molar-refractivity contribution in [1.82, 2.24) is 9.80 Å². The Bertz CT molecular complexity index is 477. The van der Waals surface area contributed by atoms with E-state index in [4.69, 9.17) is 0 Å². The third-order valence-electron chi connectivity index (χ3n) is 5.20. The highest BCUT2D eigenvalue weighted by Crippen LogP contribution is 2.31. The van der Waals surface area contributed by atoms with E-state index in [1.54, 1.807) is 11.3 Å². The summed E-state index contributed by atoms with van der Waals surface area (Å²) < 4.78 is 0. The highest BCUT2D eigenvalue weighted by molar-refractivity contribution is 7.12. The second-order valence-electron chi connectivity index (χ2n) is 6.73. The molecule has 0 aliphatic carbocycles. The SMILES string of the molecule is CCCN(C[C@H]1CCCN2CCCC[C@@H]12)C(=O)c1cccs1.Cl. The minimum absolute atomic E-state index is 0. The van der Waals surface area contributed by atoms with E-state index in [1.807, 2.05) is 17.5 Å². The first kappa shape index (κ1) is 18.8. The Morgan fingerprint density at radius 2 is 2.13 bits per heavy atom. The molecular formula is C18H29ClN2OS. The maximum atomic E-state index is 12.8. The van der Waals surface area contributed by atoms with Crippen molar-refractivity contribution in [3.05, 3.63) is 22.4 Å². The zero-order valence-electron chi connectivity index (χ0n) is 14.1. The topological polar surface area (TPSA) is 23.6 Å². The number of amides is 1. The number of piperidine rings is 2. The molecule has 3 nitrogen and oxygen atoms in total. The van der Waals surface area contributed by atoms with Gasteiger partial charge < -0.3 is 9.80 Å². The lowest BCUT2D eigenvalue weighted by Gasteiger charge is -2.45. The predicted molar refractivity (Wildman–Crippen MR) is 99.7 cm³/mol. The Balaban J connectivity index is 0.00000192. The number of carbonyl (C=O) groups is 1. The summed E-state index contributed by atoms with van der Waals surface area (Å²) in [7, 11) is 0. The smallest absolute Gasteiger partial charge is 0.263 e. The first-order chi connectivity index (χ1) is 10.8. The fraction of sp³-hybridized carbons (Fsp3) is 0.722. The van der Waals surface area contributed by atoms with Crippen molar-refractivity contribution in [2.45, 2.75) is 51.5 Å². The molecule has 1 aromatic heterocycles. The van der Waals surface area contributed by atoms with Crippen molar-refractivity contribution in [2.24, 2.45) is 5.92 Å². The van der Waals surface area contributed by atoms with Gasteiger partial charge in [-0.05, 0) is 62.6 Å². The minimum atomic E-state index is 0. The van der Waals surface area contributed by atoms with Gasteiger partial charge in [-0.15, -0.1) is 23.7 Å². The molecule has 23 heavy (non-hydrogen) atoms. The van der Waals surface area contributed by atoms with E-state index in [0.29, 0.717) is 5.92 Å². The summed E-state index contributed by atoms with van der Waals surface area (Å²) in [5, 5.41) is 2.00. The molecule has 0 spiro atoms. The second-order valence-corrected chi connectivity index (χ2v) is 7.68. The van der Waals surface area contributed by atoms with Crippen molar-refractivity contribution in [2.75, 3.05) is 26.2 Å². The van der Waals surface area contributed by atoms with E-state index in [0.717, 1.165) is 30.4 Å². The van der Waals surface area contributed by atoms with Crippen LogP contribution in [0, 0.1) is 5.92 Å². The summed E-state index contributed by atoms with van der Waals surface area (Å²) in [6.07, 6.45) is 7.68. The molecule has 0 radical (unpaired) electrons. The van der Waals surface area contributed by atoms with Gasteiger partial charge in [0, 0.05) is 19.1 Å². The average molecular weight is 357 g/mol. The molecule has 0 aromatic carbocycles. The lowest BCUT2D eigenvalue weighted by molar-refractivity contribution is 0.0363. The highest BCUT2D eigenvalue weighted by Gasteiger charge is 2.34. The predicted octanol–water partition coefficient (Wildman–Crippen LogP) is 4.29. The van der Waals surface area contributed by atoms with Crippen LogP contribution in [0.4, 0.5) is 0 Å². The molecule has 0 unspecified atom stereocenters. The fourth-order valence-corrected chi connectivity index (χ4v) is 4.87. The number of nitrogens with zero attached hydrogens (tertiary/aromatic N) is 2. The van der Waals surface area contributed by atoms with Crippen LogP contribution in [-0.2, 0) is 0 Å². The van der Waals surface area contributed by atoms with Gasteiger partial charge >= 0.3 is 0 Å². The van der Waals surface area contributed by atoms with Gasteiger partial charge in [0.2, 0.25) is 0 Å². The first-order valence-electron chi connectivity index (χ1n) is 8.86. The lowest BCUT2D eigenvalue weighted by Crippen LogP contribution is -2.51. The van der Waals surface area contributed by atoms with Crippen LogP contribution in [-0.4, -0.2) is 47.9 Å². The zero-order valence-corrected chi connectivity index (χ0v) is 15.7. The molecule has 5 heteroatoms. The minimum Gasteiger partial charge on any atom is -0.338 e. The molecule has 3 heterocycles. The molecule has 2 atom stereocenters. The van der Waals surface area contributed by atoms with E-state index >= 15 is 0 Å². The second kappa shape index (κ2) is 9.05. The monoisotopic (exact) mass is 356 g/mol. The number of hydrogen-bond donors (Lipinski definition) is 0. The first-order valence-corrected chi connectivity index (χ1v) is 9.74. The van der Waals surface area contributed by atoms with Gasteiger partial charge in [0.1, 0.15) is 0 Å². The fourth-order valence-electron chi connectivity index (χ4n) is 4.17. The molecule has 1 amide bonds. The Morgan fingerprint density at radius 3 is 2.87 bits per heavy atom. The zero-order chi connectivity index (χ0) is 15.4. The number of fused-ring (bicyclic) bond motifs is 1. The van der Waals surface area contributed by atoms with Crippen molar-refractivity contribution in [1.29, 1.82) is 0 Å². The van der Waals surface area contributed by atoms with Gasteiger partial charge in [-0.1, -0.05) is 19.4 Å². The molecule has 2 aliphatic rings. The van der Waals surface area contributed by atoms with Crippen molar-refractivity contribution >= 4 is 29.7 Å². The lowest BCUT2D eigenvalue weighted by atomic mass is 9.83. The summed E-state index contributed by atoms with van der Waals surface area (Å²) in [6.45, 7) is 6.55. The number of carbonyl (C=O) groups excluding carboxylic acids is 1. The molecule has 2 fully saturated rings. The van der Waals surface area contributed by atoms with Crippen LogP contribution in [0.2, 0.25) is 0 Å². The Kier molecular flexibility index (Phi) is 7.38. The molecule has 130 valence electrons. The normalized spacial score (nSPS) is 24.6. The standard InChI is InChI=1S/C18H28N2OS.ClH/c1-2-10-20(18(21)17-9-6-13-22-17)14-15-7-5-12-19-11-4-3-8-16(15)19;/h6,9,13,15-16H,2-5,7-8,10-12,14H2,1H3;1H/t15-,16+;/m1./s1. The van der Waals surface area contributed by atoms with Gasteiger partial charge in [-0.3, -0.25) is 4.79 Å². The summed E-state index contributed by atoms with van der Waals surface area (Å²) >= 11 is 1.57. The van der Waals surface area contributed by atoms with Gasteiger partial charge in [0.25, 0.3) is 5.91 Å². The van der Waals surface area contributed by atoms with Crippen LogP contribution < -0.4 is 0 Å². The summed E-state index contributed by atoms with van der Waals surface area (Å²) in [4.78, 5) is 18.5. The van der Waals surface area contributed by atoms with E-state index in [-0.39, 0.29) is 18.3 Å². The van der Waals surface area contributed by atoms with Crippen LogP contribution in [0.3, 0.4) is 0 Å². The quantitative estimate of drug-likeness (QED) is 0.785. The molecule has 2 aliphatic heterocycles. The van der Waals surface area contributed by atoms with Crippen molar-refractivity contribution < 1.29 is 4.79 Å². The van der Waals surface area contributed by atoms with E-state index in [9.17, 15) is 4.79 Å². The Morgan fingerprint density at radius 1 is 1.30 bits per heavy atom. The van der Waals surface area contributed by atoms with Gasteiger partial charge in [-0.25, -0.2) is 0 Å². The van der Waals surface area contributed by atoms with Crippen LogP contribution in [0.1, 0.15) is 55.1 Å². The van der Waals surface area contributed by atoms with Crippen molar-refractivity contribution in [3.63, 3.8) is 0 Å². The molecule has 1 aromatic rings. The van der Waals surface area contributed by atoms with E-state index < -0.39 is 0 Å². The maximum absolute atomic E-state index is 12.8. The van der Waals surface area contributed by atoms with E-state index in [2.05, 4.69) is 16.7 Å². The largest absolute Gasteiger partial charge is 0.338 e. The maximum Gasteiger partial charge on any atom is 0.263 e. The molecule has 2 saturated heterocycles. The third-order valence-corrected chi connectivity index (χ3v) is 6.05. The van der Waals surface area contributed by atoms with Crippen molar-refractivity contribution in [3.8, 4) is 0 Å². The van der Waals surface area contributed by atoms with Crippen LogP contribution in [0.25, 0.3) is 0 Å². The molecular weight excluding hydrogens is 328 g/mol. The van der Waals surface area contributed by atoms with E-state index in [1.165, 1.54) is 45.2 Å². The summed E-state index contributed by atoms with van der Waals surface area (Å²) in [5.74, 6) is 0.911. The third kappa shape index (κ3) is 4.49. The molecule has 0 N–H and O–H groups in total. The van der Waals surface area contributed by atoms with Gasteiger partial charge in [-0.2, -0.15) is 0 Å². The number of rotatable bonds is 5. The van der Waals surface area contributed by atoms with Gasteiger partial charge in [0.15, 0.2) is 0 Å². The van der Waals surface area contributed by atoms with Crippen LogP contribution in [0.5, 0.6) is 0 Å². The number of thiophene rings is 1. The highest BCUT2D eigenvalue weighted by atomic mass is 35.5. The molecule has 0 saturated carbocycles. The Hall–Kier alpha value is -0.580. The molecule has 3 rings (SSSR count). The summed E-state index contributed by atoms with van der Waals surface area (Å²) in [5.41, 5.74) is 0. The van der Waals surface area contributed by atoms with Gasteiger partial charge in [0.05, 0.1) is 4.88 Å². The number of halogens is 1.